The van der Waals surface area contributed by atoms with Gasteiger partial charge in [0.15, 0.2) is 0 Å². The predicted molar refractivity (Wildman–Crippen MR) is 79.1 cm³/mol. The molecule has 0 aromatic heterocycles. The van der Waals surface area contributed by atoms with Crippen molar-refractivity contribution in [2.75, 3.05) is 12.4 Å². The molecule has 0 saturated carbocycles. The molecule has 2 rings (SSSR count). The van der Waals surface area contributed by atoms with Gasteiger partial charge in [-0.15, -0.1) is 0 Å². The Labute approximate surface area is 127 Å². The van der Waals surface area contributed by atoms with Gasteiger partial charge < -0.3 is 5.32 Å². The third kappa shape index (κ3) is 3.05. The summed E-state index contributed by atoms with van der Waals surface area (Å²) in [6.07, 6.45) is -4.53. The van der Waals surface area contributed by atoms with E-state index in [-0.39, 0.29) is 11.1 Å². The van der Waals surface area contributed by atoms with Crippen molar-refractivity contribution >= 4 is 28.3 Å². The summed E-state index contributed by atoms with van der Waals surface area (Å²) in [6.45, 7) is 0. The predicted octanol–water partition coefficient (Wildman–Crippen LogP) is 5.16. The quantitative estimate of drug-likeness (QED) is 0.548. The lowest BCUT2D eigenvalue weighted by Gasteiger charge is -2.15. The molecule has 0 spiro atoms. The zero-order valence-corrected chi connectivity index (χ0v) is 12.5. The minimum Gasteiger partial charge on any atom is -0.388 e. The van der Waals surface area contributed by atoms with Crippen molar-refractivity contribution in [1.29, 1.82) is 0 Å². The minimum atomic E-state index is -4.53. The van der Waals surface area contributed by atoms with Crippen LogP contribution in [0, 0.1) is 9.39 Å². The molecule has 0 aliphatic rings. The van der Waals surface area contributed by atoms with E-state index in [0.29, 0.717) is 9.26 Å². The van der Waals surface area contributed by atoms with E-state index in [9.17, 15) is 17.6 Å². The summed E-state index contributed by atoms with van der Waals surface area (Å²) in [7, 11) is 1.59. The summed E-state index contributed by atoms with van der Waals surface area (Å²) in [5.41, 5.74) is -0.578. The number of halogens is 5. The fraction of sp³-hybridized carbons (Fsp3) is 0.143. The summed E-state index contributed by atoms with van der Waals surface area (Å²) in [4.78, 5) is 0. The van der Waals surface area contributed by atoms with Gasteiger partial charge in [-0.25, -0.2) is 4.39 Å². The van der Waals surface area contributed by atoms with Gasteiger partial charge in [-0.05, 0) is 64.6 Å². The molecule has 20 heavy (non-hydrogen) atoms. The van der Waals surface area contributed by atoms with Gasteiger partial charge in [0, 0.05) is 21.9 Å². The Balaban J connectivity index is 2.73. The third-order valence-corrected chi connectivity index (χ3v) is 3.50. The molecule has 0 fully saturated rings. The maximum Gasteiger partial charge on any atom is 0.417 e. The Bertz CT molecular complexity index is 638. The van der Waals surface area contributed by atoms with Gasteiger partial charge in [-0.3, -0.25) is 0 Å². The van der Waals surface area contributed by atoms with Gasteiger partial charge in [0.2, 0.25) is 0 Å². The van der Waals surface area contributed by atoms with Crippen molar-refractivity contribution < 1.29 is 17.6 Å². The van der Waals surface area contributed by atoms with E-state index in [1.165, 1.54) is 30.3 Å². The summed E-state index contributed by atoms with van der Waals surface area (Å²) in [6, 6.07) is 7.66. The Morgan fingerprint density at radius 1 is 1.00 bits per heavy atom. The van der Waals surface area contributed by atoms with Crippen LogP contribution in [0.25, 0.3) is 11.1 Å². The Morgan fingerprint density at radius 2 is 1.70 bits per heavy atom. The van der Waals surface area contributed by atoms with Crippen molar-refractivity contribution in [3.8, 4) is 11.1 Å². The summed E-state index contributed by atoms with van der Waals surface area (Å²) in [5, 5.41) is 2.76. The standard InChI is InChI=1S/C14H10F4IN/c1-20-9-3-4-12(14(16,17)18)10(7-9)11-6-8(19)2-5-13(11)15/h2-7,20H,1H3. The Hall–Kier alpha value is -1.31. The average molecular weight is 395 g/mol. The lowest BCUT2D eigenvalue weighted by Crippen LogP contribution is -2.08. The van der Waals surface area contributed by atoms with E-state index in [2.05, 4.69) is 5.32 Å². The van der Waals surface area contributed by atoms with Crippen molar-refractivity contribution in [1.82, 2.24) is 0 Å². The summed E-state index contributed by atoms with van der Waals surface area (Å²) in [5.74, 6) is -0.677. The van der Waals surface area contributed by atoms with Crippen molar-refractivity contribution in [2.24, 2.45) is 0 Å². The maximum atomic E-state index is 13.9. The highest BCUT2D eigenvalue weighted by Crippen LogP contribution is 2.39. The first-order valence-electron chi connectivity index (χ1n) is 5.67. The number of benzene rings is 2. The Kier molecular flexibility index (Phi) is 4.22. The molecule has 0 saturated heterocycles. The van der Waals surface area contributed by atoms with Crippen LogP contribution in [0.2, 0.25) is 0 Å². The van der Waals surface area contributed by atoms with E-state index in [0.717, 1.165) is 6.07 Å². The van der Waals surface area contributed by atoms with Crippen LogP contribution in [0.15, 0.2) is 36.4 Å². The van der Waals surface area contributed by atoms with Crippen LogP contribution in [0.5, 0.6) is 0 Å². The molecule has 0 radical (unpaired) electrons. The van der Waals surface area contributed by atoms with Gasteiger partial charge in [0.05, 0.1) is 5.56 Å². The van der Waals surface area contributed by atoms with Gasteiger partial charge in [0.1, 0.15) is 5.82 Å². The molecule has 0 amide bonds. The highest BCUT2D eigenvalue weighted by atomic mass is 127. The highest BCUT2D eigenvalue weighted by molar-refractivity contribution is 14.1. The van der Waals surface area contributed by atoms with E-state index < -0.39 is 17.6 Å². The zero-order chi connectivity index (χ0) is 14.9. The monoisotopic (exact) mass is 395 g/mol. The molecule has 106 valence electrons. The largest absolute Gasteiger partial charge is 0.417 e. The lowest BCUT2D eigenvalue weighted by atomic mass is 9.98. The normalized spacial score (nSPS) is 11.5. The second-order valence-electron chi connectivity index (χ2n) is 4.13. The average Bonchev–Trinajstić information content (AvgIpc) is 2.39. The second kappa shape index (κ2) is 5.59. The van der Waals surface area contributed by atoms with Crippen molar-refractivity contribution in [3.63, 3.8) is 0 Å². The fourth-order valence-corrected chi connectivity index (χ4v) is 2.36. The molecule has 0 bridgehead atoms. The van der Waals surface area contributed by atoms with Crippen LogP contribution in [0.1, 0.15) is 5.56 Å². The first kappa shape index (κ1) is 15.1. The molecular weight excluding hydrogens is 385 g/mol. The molecule has 0 unspecified atom stereocenters. The van der Waals surface area contributed by atoms with Crippen LogP contribution in [-0.4, -0.2) is 7.05 Å². The van der Waals surface area contributed by atoms with Crippen LogP contribution < -0.4 is 5.32 Å². The van der Waals surface area contributed by atoms with E-state index in [1.54, 1.807) is 7.05 Å². The van der Waals surface area contributed by atoms with Gasteiger partial charge in [-0.1, -0.05) is 0 Å². The number of hydrogen-bond donors (Lipinski definition) is 1. The SMILES string of the molecule is CNc1ccc(C(F)(F)F)c(-c2cc(I)ccc2F)c1. The van der Waals surface area contributed by atoms with Crippen molar-refractivity contribution in [2.45, 2.75) is 6.18 Å². The molecule has 0 aliphatic heterocycles. The maximum absolute atomic E-state index is 13.9. The second-order valence-corrected chi connectivity index (χ2v) is 5.38. The fourth-order valence-electron chi connectivity index (χ4n) is 1.87. The van der Waals surface area contributed by atoms with E-state index in [1.807, 2.05) is 22.6 Å². The first-order valence-corrected chi connectivity index (χ1v) is 6.75. The van der Waals surface area contributed by atoms with Crippen LogP contribution in [0.4, 0.5) is 23.2 Å². The van der Waals surface area contributed by atoms with Crippen LogP contribution in [-0.2, 0) is 6.18 Å². The number of rotatable bonds is 2. The zero-order valence-electron chi connectivity index (χ0n) is 10.4. The molecule has 2 aromatic rings. The number of alkyl halides is 3. The van der Waals surface area contributed by atoms with Crippen molar-refractivity contribution in [3.05, 3.63) is 51.3 Å². The molecule has 0 heterocycles. The molecule has 6 heteroatoms. The Morgan fingerprint density at radius 3 is 2.30 bits per heavy atom. The third-order valence-electron chi connectivity index (χ3n) is 2.83. The molecular formula is C14H10F4IN. The van der Waals surface area contributed by atoms with Gasteiger partial charge in [0.25, 0.3) is 0 Å². The van der Waals surface area contributed by atoms with E-state index >= 15 is 0 Å². The summed E-state index contributed by atoms with van der Waals surface area (Å²) < 4.78 is 53.7. The summed E-state index contributed by atoms with van der Waals surface area (Å²) >= 11 is 1.94. The van der Waals surface area contributed by atoms with Gasteiger partial charge in [-0.2, -0.15) is 13.2 Å². The van der Waals surface area contributed by atoms with E-state index in [4.69, 9.17) is 0 Å². The topological polar surface area (TPSA) is 12.0 Å². The molecule has 0 aliphatic carbocycles. The highest BCUT2D eigenvalue weighted by Gasteiger charge is 2.34. The van der Waals surface area contributed by atoms with Gasteiger partial charge >= 0.3 is 6.18 Å². The molecule has 0 atom stereocenters. The van der Waals surface area contributed by atoms with Crippen LogP contribution >= 0.6 is 22.6 Å². The number of hydrogen-bond acceptors (Lipinski definition) is 1. The lowest BCUT2D eigenvalue weighted by molar-refractivity contribution is -0.137. The van der Waals surface area contributed by atoms with Crippen LogP contribution in [0.3, 0.4) is 0 Å². The minimum absolute atomic E-state index is 0.0543. The number of nitrogens with one attached hydrogen (secondary N) is 1. The number of anilines is 1. The first-order chi connectivity index (χ1) is 9.32. The molecule has 1 nitrogen and oxygen atoms in total. The molecule has 1 N–H and O–H groups in total. The smallest absolute Gasteiger partial charge is 0.388 e. The molecule has 2 aromatic carbocycles.